The monoisotopic (exact) mass is 318 g/mol. The third kappa shape index (κ3) is 4.40. The molecule has 0 amide bonds. The minimum absolute atomic E-state index is 0.0658. The predicted octanol–water partition coefficient (Wildman–Crippen LogP) is 2.99. The lowest BCUT2D eigenvalue weighted by molar-refractivity contribution is -0.383. The number of hydrogen-bond donors (Lipinski definition) is 2. The van der Waals surface area contributed by atoms with E-state index in [1.54, 1.807) is 12.1 Å². The summed E-state index contributed by atoms with van der Waals surface area (Å²) in [6.07, 6.45) is 0. The van der Waals surface area contributed by atoms with E-state index in [4.69, 9.17) is 5.73 Å². The third-order valence-corrected chi connectivity index (χ3v) is 3.30. The molecule has 0 aliphatic rings. The summed E-state index contributed by atoms with van der Waals surface area (Å²) in [6.45, 7) is 0.781. The average Bonchev–Trinajstić information content (AvgIpc) is 2.47. The molecule has 0 fully saturated rings. The van der Waals surface area contributed by atoms with E-state index in [1.165, 1.54) is 24.3 Å². The Morgan fingerprint density at radius 3 is 2.61 bits per heavy atom. The van der Waals surface area contributed by atoms with Gasteiger partial charge in [0.2, 0.25) is 0 Å². The van der Waals surface area contributed by atoms with Gasteiger partial charge in [-0.2, -0.15) is 0 Å². The topological polar surface area (TPSA) is 84.4 Å². The minimum Gasteiger partial charge on any atom is -0.399 e. The number of rotatable bonds is 6. The van der Waals surface area contributed by atoms with Crippen molar-refractivity contribution in [3.63, 3.8) is 0 Å². The van der Waals surface area contributed by atoms with Crippen LogP contribution in [0.3, 0.4) is 0 Å². The number of benzene rings is 2. The van der Waals surface area contributed by atoms with Crippen LogP contribution in [-0.4, -0.2) is 23.9 Å². The third-order valence-electron chi connectivity index (χ3n) is 3.30. The number of halogens is 1. The van der Waals surface area contributed by atoms with Crippen molar-refractivity contribution in [3.8, 4) is 0 Å². The number of nitrogens with zero attached hydrogens (tertiary/aromatic N) is 2. The van der Waals surface area contributed by atoms with E-state index in [0.29, 0.717) is 29.0 Å². The van der Waals surface area contributed by atoms with Crippen molar-refractivity contribution in [1.82, 2.24) is 4.90 Å². The number of nitro groups is 1. The van der Waals surface area contributed by atoms with Crippen molar-refractivity contribution in [3.05, 3.63) is 63.5 Å². The first kappa shape index (κ1) is 16.7. The van der Waals surface area contributed by atoms with Gasteiger partial charge in [0.15, 0.2) is 0 Å². The fourth-order valence-electron chi connectivity index (χ4n) is 2.22. The molecular weight excluding hydrogens is 299 g/mol. The Kier molecular flexibility index (Phi) is 5.13. The zero-order chi connectivity index (χ0) is 17.0. The van der Waals surface area contributed by atoms with Gasteiger partial charge in [-0.15, -0.1) is 0 Å². The Labute approximate surface area is 133 Å². The van der Waals surface area contributed by atoms with Crippen LogP contribution >= 0.6 is 0 Å². The van der Waals surface area contributed by atoms with Gasteiger partial charge in [0, 0.05) is 30.4 Å². The van der Waals surface area contributed by atoms with Gasteiger partial charge >= 0.3 is 0 Å². The summed E-state index contributed by atoms with van der Waals surface area (Å²) >= 11 is 0. The molecule has 2 rings (SSSR count). The maximum atomic E-state index is 14.0. The number of hydrogen-bond acceptors (Lipinski definition) is 5. The van der Waals surface area contributed by atoms with Crippen LogP contribution < -0.4 is 11.1 Å². The SMILES string of the molecule is CN(C)Cc1ccc(CNc2cc(N)ccc2[N+](=O)[O-])cc1F. The van der Waals surface area contributed by atoms with E-state index in [0.717, 1.165) is 0 Å². The van der Waals surface area contributed by atoms with Gasteiger partial charge < -0.3 is 16.0 Å². The summed E-state index contributed by atoms with van der Waals surface area (Å²) in [5.74, 6) is -0.292. The van der Waals surface area contributed by atoms with Crippen molar-refractivity contribution in [2.24, 2.45) is 0 Å². The van der Waals surface area contributed by atoms with Crippen molar-refractivity contribution in [2.45, 2.75) is 13.1 Å². The van der Waals surface area contributed by atoms with Crippen LogP contribution in [0.4, 0.5) is 21.5 Å². The predicted molar refractivity (Wildman–Crippen MR) is 88.6 cm³/mol. The number of anilines is 2. The van der Waals surface area contributed by atoms with Gasteiger partial charge in [0.1, 0.15) is 11.5 Å². The van der Waals surface area contributed by atoms with E-state index in [-0.39, 0.29) is 18.0 Å². The molecule has 0 aromatic heterocycles. The molecule has 0 spiro atoms. The van der Waals surface area contributed by atoms with Gasteiger partial charge in [0.05, 0.1) is 4.92 Å². The van der Waals surface area contributed by atoms with Crippen LogP contribution in [0.15, 0.2) is 36.4 Å². The molecule has 7 heteroatoms. The maximum absolute atomic E-state index is 14.0. The number of nitro benzene ring substituents is 1. The Morgan fingerprint density at radius 1 is 1.26 bits per heavy atom. The molecule has 0 atom stereocenters. The molecule has 3 N–H and O–H groups in total. The Bertz CT molecular complexity index is 719. The highest BCUT2D eigenvalue weighted by Crippen LogP contribution is 2.27. The molecule has 0 aliphatic carbocycles. The van der Waals surface area contributed by atoms with E-state index >= 15 is 0 Å². The van der Waals surface area contributed by atoms with Crippen LogP contribution in [0.1, 0.15) is 11.1 Å². The van der Waals surface area contributed by atoms with Gasteiger partial charge in [0.25, 0.3) is 5.69 Å². The number of nitrogens with one attached hydrogen (secondary N) is 1. The number of nitrogens with two attached hydrogens (primary N) is 1. The van der Waals surface area contributed by atoms with Crippen molar-refractivity contribution in [2.75, 3.05) is 25.1 Å². The molecule has 0 saturated carbocycles. The molecule has 0 saturated heterocycles. The van der Waals surface area contributed by atoms with Crippen molar-refractivity contribution in [1.29, 1.82) is 0 Å². The molecule has 6 nitrogen and oxygen atoms in total. The molecule has 2 aromatic rings. The fourth-order valence-corrected chi connectivity index (χ4v) is 2.22. The summed E-state index contributed by atoms with van der Waals surface area (Å²) in [5.41, 5.74) is 7.63. The first-order valence-corrected chi connectivity index (χ1v) is 7.06. The average molecular weight is 318 g/mol. The molecule has 0 bridgehead atoms. The normalized spacial score (nSPS) is 10.8. The molecule has 0 radical (unpaired) electrons. The zero-order valence-corrected chi connectivity index (χ0v) is 13.0. The van der Waals surface area contributed by atoms with E-state index in [2.05, 4.69) is 5.32 Å². The second-order valence-corrected chi connectivity index (χ2v) is 5.55. The highest BCUT2D eigenvalue weighted by atomic mass is 19.1. The van der Waals surface area contributed by atoms with Crippen LogP contribution in [0.25, 0.3) is 0 Å². The standard InChI is InChI=1S/C16H19FN4O2/c1-20(2)10-12-4-3-11(7-14(12)17)9-19-15-8-13(18)5-6-16(15)21(22)23/h3-8,19H,9-10,18H2,1-2H3. The van der Waals surface area contributed by atoms with Crippen molar-refractivity contribution < 1.29 is 9.31 Å². The van der Waals surface area contributed by atoms with Gasteiger partial charge in [-0.25, -0.2) is 4.39 Å². The first-order chi connectivity index (χ1) is 10.9. The van der Waals surface area contributed by atoms with Gasteiger partial charge in [-0.3, -0.25) is 10.1 Å². The maximum Gasteiger partial charge on any atom is 0.292 e. The minimum atomic E-state index is -0.484. The van der Waals surface area contributed by atoms with Gasteiger partial charge in [-0.1, -0.05) is 12.1 Å². The van der Waals surface area contributed by atoms with E-state index < -0.39 is 4.92 Å². The van der Waals surface area contributed by atoms with Crippen LogP contribution in [0.5, 0.6) is 0 Å². The molecule has 0 aliphatic heterocycles. The quantitative estimate of drug-likeness (QED) is 0.486. The summed E-state index contributed by atoms with van der Waals surface area (Å²) in [5, 5.41) is 13.9. The second-order valence-electron chi connectivity index (χ2n) is 5.55. The lowest BCUT2D eigenvalue weighted by Gasteiger charge is -2.12. The van der Waals surface area contributed by atoms with Crippen molar-refractivity contribution >= 4 is 17.1 Å². The highest BCUT2D eigenvalue weighted by molar-refractivity contribution is 5.67. The molecule has 0 heterocycles. The summed E-state index contributed by atoms with van der Waals surface area (Å²) in [4.78, 5) is 12.4. The molecule has 122 valence electrons. The number of nitrogen functional groups attached to an aromatic ring is 1. The highest BCUT2D eigenvalue weighted by Gasteiger charge is 2.13. The van der Waals surface area contributed by atoms with Crippen LogP contribution in [0, 0.1) is 15.9 Å². The zero-order valence-electron chi connectivity index (χ0n) is 13.0. The second kappa shape index (κ2) is 7.06. The Hall–Kier alpha value is -2.67. The Balaban J connectivity index is 2.14. The molecule has 0 unspecified atom stereocenters. The summed E-state index contributed by atoms with van der Waals surface area (Å²) in [7, 11) is 3.74. The molecular formula is C16H19FN4O2. The Morgan fingerprint density at radius 2 is 2.00 bits per heavy atom. The largest absolute Gasteiger partial charge is 0.399 e. The smallest absolute Gasteiger partial charge is 0.292 e. The van der Waals surface area contributed by atoms with Gasteiger partial charge in [-0.05, 0) is 37.9 Å². The molecule has 2 aromatic carbocycles. The summed E-state index contributed by atoms with van der Waals surface area (Å²) < 4.78 is 14.0. The van der Waals surface area contributed by atoms with Crippen LogP contribution in [0.2, 0.25) is 0 Å². The van der Waals surface area contributed by atoms with E-state index in [1.807, 2.05) is 19.0 Å². The summed E-state index contributed by atoms with van der Waals surface area (Å²) in [6, 6.07) is 9.27. The molecule has 23 heavy (non-hydrogen) atoms. The fraction of sp³-hybridized carbons (Fsp3) is 0.250. The van der Waals surface area contributed by atoms with Crippen LogP contribution in [-0.2, 0) is 13.1 Å². The lowest BCUT2D eigenvalue weighted by Crippen LogP contribution is -2.12. The lowest BCUT2D eigenvalue weighted by atomic mass is 10.1. The first-order valence-electron chi connectivity index (χ1n) is 7.06. The van der Waals surface area contributed by atoms with E-state index in [9.17, 15) is 14.5 Å².